The van der Waals surface area contributed by atoms with Crippen molar-refractivity contribution in [2.75, 3.05) is 32.8 Å². The molecule has 1 aliphatic rings. The van der Waals surface area contributed by atoms with E-state index in [1.54, 1.807) is 0 Å². The molecule has 0 spiro atoms. The van der Waals surface area contributed by atoms with Crippen LogP contribution in [-0.4, -0.2) is 42.7 Å². The molecule has 0 aromatic heterocycles. The highest BCUT2D eigenvalue weighted by Crippen LogP contribution is 2.16. The van der Waals surface area contributed by atoms with Crippen LogP contribution in [0.1, 0.15) is 26.7 Å². The Hall–Kier alpha value is -1.30. The molecule has 1 saturated heterocycles. The molecular weight excluding hydrogens is 234 g/mol. The largest absolute Gasteiger partial charge is 0.381 e. The molecule has 1 fully saturated rings. The van der Waals surface area contributed by atoms with Gasteiger partial charge in [0.1, 0.15) is 0 Å². The summed E-state index contributed by atoms with van der Waals surface area (Å²) in [5.41, 5.74) is 0. The molecule has 0 saturated carbocycles. The first kappa shape index (κ1) is 14.8. The van der Waals surface area contributed by atoms with Crippen molar-refractivity contribution in [1.29, 1.82) is 0 Å². The lowest BCUT2D eigenvalue weighted by Crippen LogP contribution is -2.36. The van der Waals surface area contributed by atoms with Crippen LogP contribution in [0.15, 0.2) is 12.0 Å². The second kappa shape index (κ2) is 7.92. The highest BCUT2D eigenvalue weighted by atomic mass is 16.6. The standard InChI is InChI=1S/C12H23N3O3/c1-3-6-14(8-11-5-7-18-10-11)12(13-4-2)9-15(16)17/h9,11,13H,3-8,10H2,1-2H3. The Morgan fingerprint density at radius 2 is 2.39 bits per heavy atom. The summed E-state index contributed by atoms with van der Waals surface area (Å²) in [6, 6.07) is 0. The van der Waals surface area contributed by atoms with Gasteiger partial charge in [0.2, 0.25) is 0 Å². The lowest BCUT2D eigenvalue weighted by Gasteiger charge is -2.28. The molecule has 1 aliphatic heterocycles. The van der Waals surface area contributed by atoms with Gasteiger partial charge in [0, 0.05) is 32.2 Å². The topological polar surface area (TPSA) is 67.6 Å². The van der Waals surface area contributed by atoms with Crippen LogP contribution in [0.2, 0.25) is 0 Å². The summed E-state index contributed by atoms with van der Waals surface area (Å²) in [5, 5.41) is 13.7. The average Bonchev–Trinajstić information content (AvgIpc) is 2.80. The van der Waals surface area contributed by atoms with E-state index in [9.17, 15) is 10.1 Å². The van der Waals surface area contributed by atoms with Crippen LogP contribution in [0, 0.1) is 16.0 Å². The molecule has 0 amide bonds. The van der Waals surface area contributed by atoms with Crippen molar-refractivity contribution >= 4 is 0 Å². The molecule has 18 heavy (non-hydrogen) atoms. The van der Waals surface area contributed by atoms with E-state index in [4.69, 9.17) is 4.74 Å². The van der Waals surface area contributed by atoms with Gasteiger partial charge < -0.3 is 15.0 Å². The lowest BCUT2D eigenvalue weighted by atomic mass is 10.1. The molecule has 0 aromatic carbocycles. The van der Waals surface area contributed by atoms with Gasteiger partial charge in [-0.3, -0.25) is 10.1 Å². The first-order chi connectivity index (χ1) is 8.67. The van der Waals surface area contributed by atoms with Crippen molar-refractivity contribution in [1.82, 2.24) is 10.2 Å². The molecule has 0 aliphatic carbocycles. The van der Waals surface area contributed by atoms with E-state index in [-0.39, 0.29) is 0 Å². The van der Waals surface area contributed by atoms with Gasteiger partial charge >= 0.3 is 0 Å². The fourth-order valence-electron chi connectivity index (χ4n) is 2.14. The van der Waals surface area contributed by atoms with Crippen molar-refractivity contribution in [3.05, 3.63) is 22.1 Å². The Morgan fingerprint density at radius 1 is 1.61 bits per heavy atom. The highest BCUT2D eigenvalue weighted by molar-refractivity contribution is 4.95. The molecule has 6 nitrogen and oxygen atoms in total. The summed E-state index contributed by atoms with van der Waals surface area (Å²) < 4.78 is 5.36. The van der Waals surface area contributed by atoms with Crippen molar-refractivity contribution in [3.63, 3.8) is 0 Å². The summed E-state index contributed by atoms with van der Waals surface area (Å²) >= 11 is 0. The quantitative estimate of drug-likeness (QED) is 0.526. The summed E-state index contributed by atoms with van der Waals surface area (Å²) in [7, 11) is 0. The smallest absolute Gasteiger partial charge is 0.274 e. The van der Waals surface area contributed by atoms with Gasteiger partial charge in [-0.15, -0.1) is 0 Å². The van der Waals surface area contributed by atoms with Gasteiger partial charge in [0.15, 0.2) is 5.82 Å². The van der Waals surface area contributed by atoms with E-state index in [0.29, 0.717) is 18.3 Å². The molecule has 1 rings (SSSR count). The Morgan fingerprint density at radius 3 is 2.89 bits per heavy atom. The molecule has 1 heterocycles. The number of ether oxygens (including phenoxy) is 1. The Labute approximate surface area is 108 Å². The molecule has 1 unspecified atom stereocenters. The molecule has 0 bridgehead atoms. The van der Waals surface area contributed by atoms with Gasteiger partial charge in [0.25, 0.3) is 6.20 Å². The Bertz CT molecular complexity index is 288. The van der Waals surface area contributed by atoms with Gasteiger partial charge in [-0.2, -0.15) is 0 Å². The van der Waals surface area contributed by atoms with Gasteiger partial charge in [-0.1, -0.05) is 6.92 Å². The van der Waals surface area contributed by atoms with Crippen LogP contribution in [0.4, 0.5) is 0 Å². The van der Waals surface area contributed by atoms with Crippen LogP contribution in [0.5, 0.6) is 0 Å². The molecule has 0 aromatic rings. The molecule has 1 atom stereocenters. The van der Waals surface area contributed by atoms with Crippen LogP contribution < -0.4 is 5.32 Å². The SMILES string of the molecule is CCCN(CC1CCOC1)C(=C[N+](=O)[O-])NCC. The molecular formula is C12H23N3O3. The number of hydrogen-bond acceptors (Lipinski definition) is 5. The number of nitro groups is 1. The number of rotatable bonds is 8. The zero-order chi connectivity index (χ0) is 13.4. The summed E-state index contributed by atoms with van der Waals surface area (Å²) in [5.74, 6) is 1.08. The Kier molecular flexibility index (Phi) is 6.49. The maximum Gasteiger partial charge on any atom is 0.274 e. The van der Waals surface area contributed by atoms with E-state index < -0.39 is 4.92 Å². The predicted molar refractivity (Wildman–Crippen MR) is 69.5 cm³/mol. The average molecular weight is 257 g/mol. The molecule has 0 radical (unpaired) electrons. The third kappa shape index (κ3) is 4.91. The maximum atomic E-state index is 10.7. The predicted octanol–water partition coefficient (Wildman–Crippen LogP) is 1.42. The third-order valence-corrected chi connectivity index (χ3v) is 2.92. The van der Waals surface area contributed by atoms with Crippen LogP contribution >= 0.6 is 0 Å². The zero-order valence-electron chi connectivity index (χ0n) is 11.2. The van der Waals surface area contributed by atoms with E-state index in [0.717, 1.165) is 45.3 Å². The fraction of sp³-hybridized carbons (Fsp3) is 0.833. The van der Waals surface area contributed by atoms with Crippen molar-refractivity contribution in [2.45, 2.75) is 26.7 Å². The number of nitrogens with zero attached hydrogens (tertiary/aromatic N) is 2. The first-order valence-electron chi connectivity index (χ1n) is 6.59. The summed E-state index contributed by atoms with van der Waals surface area (Å²) in [6.45, 7) is 7.91. The van der Waals surface area contributed by atoms with E-state index in [1.807, 2.05) is 6.92 Å². The minimum absolute atomic E-state index is 0.397. The second-order valence-corrected chi connectivity index (χ2v) is 4.51. The molecule has 104 valence electrons. The van der Waals surface area contributed by atoms with Crippen molar-refractivity contribution in [3.8, 4) is 0 Å². The summed E-state index contributed by atoms with van der Waals surface area (Å²) in [4.78, 5) is 12.3. The Balaban J connectivity index is 2.68. The number of hydrogen-bond donors (Lipinski definition) is 1. The van der Waals surface area contributed by atoms with Gasteiger partial charge in [-0.25, -0.2) is 0 Å². The first-order valence-corrected chi connectivity index (χ1v) is 6.59. The van der Waals surface area contributed by atoms with Crippen LogP contribution in [0.25, 0.3) is 0 Å². The van der Waals surface area contributed by atoms with Gasteiger partial charge in [-0.05, 0) is 19.8 Å². The van der Waals surface area contributed by atoms with Crippen molar-refractivity contribution in [2.24, 2.45) is 5.92 Å². The van der Waals surface area contributed by atoms with Crippen LogP contribution in [-0.2, 0) is 4.74 Å². The normalized spacial score (nSPS) is 19.9. The number of nitrogens with one attached hydrogen (secondary N) is 1. The molecule has 1 N–H and O–H groups in total. The van der Waals surface area contributed by atoms with E-state index >= 15 is 0 Å². The fourth-order valence-corrected chi connectivity index (χ4v) is 2.14. The monoisotopic (exact) mass is 257 g/mol. The maximum absolute atomic E-state index is 10.7. The lowest BCUT2D eigenvalue weighted by molar-refractivity contribution is -0.404. The second-order valence-electron chi connectivity index (χ2n) is 4.51. The van der Waals surface area contributed by atoms with Crippen molar-refractivity contribution < 1.29 is 9.66 Å². The minimum atomic E-state index is -0.397. The van der Waals surface area contributed by atoms with Crippen LogP contribution in [0.3, 0.4) is 0 Å². The van der Waals surface area contributed by atoms with Gasteiger partial charge in [0.05, 0.1) is 11.5 Å². The third-order valence-electron chi connectivity index (χ3n) is 2.92. The van der Waals surface area contributed by atoms with E-state index in [2.05, 4.69) is 17.1 Å². The van der Waals surface area contributed by atoms with E-state index in [1.165, 1.54) is 0 Å². The zero-order valence-corrected chi connectivity index (χ0v) is 11.2. The minimum Gasteiger partial charge on any atom is -0.381 e. The highest BCUT2D eigenvalue weighted by Gasteiger charge is 2.21. The summed E-state index contributed by atoms with van der Waals surface area (Å²) in [6.07, 6.45) is 3.07. The molecule has 6 heteroatoms.